The number of para-hydroxylation sites is 3. The number of hydrogen-bond acceptors (Lipinski definition) is 7. The zero-order chi connectivity index (χ0) is 24.0. The van der Waals surface area contributed by atoms with Crippen LogP contribution in [-0.2, 0) is 10.0 Å². The standard InChI is InChI=1S/C24H23N5O4S/c1-33-20-9-3-2-8-19(20)25-14-15-27-24(30)18-11-12-22(28-16-18)29-34(31,32)21-10-4-6-17-7-5-13-26-23(17)21/h2-13,16,25H,14-15H2,1H3,(H,27,30)(H,28,29). The number of amides is 1. The first kappa shape index (κ1) is 23.0. The number of methoxy groups -OCH3 is 1. The van der Waals surface area contributed by atoms with Crippen molar-refractivity contribution >= 4 is 38.3 Å². The Balaban J connectivity index is 1.35. The minimum Gasteiger partial charge on any atom is -0.495 e. The molecule has 0 bridgehead atoms. The number of ether oxygens (including phenoxy) is 1. The third kappa shape index (κ3) is 5.24. The normalized spacial score (nSPS) is 11.1. The molecular weight excluding hydrogens is 454 g/mol. The van der Waals surface area contributed by atoms with E-state index in [-0.39, 0.29) is 16.6 Å². The molecule has 2 aromatic heterocycles. The Morgan fingerprint density at radius 1 is 0.941 bits per heavy atom. The largest absolute Gasteiger partial charge is 0.495 e. The van der Waals surface area contributed by atoms with Gasteiger partial charge in [-0.15, -0.1) is 0 Å². The topological polar surface area (TPSA) is 122 Å². The molecular formula is C24H23N5O4S. The van der Waals surface area contributed by atoms with Crippen molar-refractivity contribution in [3.05, 3.63) is 84.7 Å². The molecule has 174 valence electrons. The molecule has 10 heteroatoms. The van der Waals surface area contributed by atoms with E-state index < -0.39 is 10.0 Å². The molecule has 0 atom stereocenters. The average molecular weight is 478 g/mol. The molecule has 0 aliphatic carbocycles. The van der Waals surface area contributed by atoms with E-state index in [9.17, 15) is 13.2 Å². The first-order chi connectivity index (χ1) is 16.5. The molecule has 2 heterocycles. The van der Waals surface area contributed by atoms with Gasteiger partial charge >= 0.3 is 0 Å². The summed E-state index contributed by atoms with van der Waals surface area (Å²) in [6.07, 6.45) is 2.86. The molecule has 0 aliphatic heterocycles. The van der Waals surface area contributed by atoms with Gasteiger partial charge in [0.05, 0.1) is 23.9 Å². The van der Waals surface area contributed by atoms with E-state index in [1.165, 1.54) is 24.4 Å². The fourth-order valence-electron chi connectivity index (χ4n) is 3.34. The number of pyridine rings is 2. The molecule has 0 unspecified atom stereocenters. The van der Waals surface area contributed by atoms with Crippen LogP contribution in [0.4, 0.5) is 11.5 Å². The Bertz CT molecular complexity index is 1400. The fraction of sp³-hybridized carbons (Fsp3) is 0.125. The molecule has 9 nitrogen and oxygen atoms in total. The highest BCUT2D eigenvalue weighted by molar-refractivity contribution is 7.93. The summed E-state index contributed by atoms with van der Waals surface area (Å²) in [4.78, 5) is 20.7. The number of anilines is 2. The number of carbonyl (C=O) groups is 1. The van der Waals surface area contributed by atoms with E-state index in [0.29, 0.717) is 29.6 Å². The highest BCUT2D eigenvalue weighted by atomic mass is 32.2. The van der Waals surface area contributed by atoms with Gasteiger partial charge in [0.1, 0.15) is 16.5 Å². The van der Waals surface area contributed by atoms with Crippen molar-refractivity contribution in [1.82, 2.24) is 15.3 Å². The second kappa shape index (κ2) is 10.2. The van der Waals surface area contributed by atoms with Crippen LogP contribution in [0.25, 0.3) is 10.9 Å². The first-order valence-electron chi connectivity index (χ1n) is 10.5. The van der Waals surface area contributed by atoms with Gasteiger partial charge in [0.25, 0.3) is 15.9 Å². The Labute approximate surface area is 197 Å². The van der Waals surface area contributed by atoms with Gasteiger partial charge in [-0.1, -0.05) is 30.3 Å². The molecule has 0 saturated carbocycles. The molecule has 0 fully saturated rings. The summed E-state index contributed by atoms with van der Waals surface area (Å²) >= 11 is 0. The molecule has 1 amide bonds. The summed E-state index contributed by atoms with van der Waals surface area (Å²) in [5.74, 6) is 0.500. The summed E-state index contributed by atoms with van der Waals surface area (Å²) in [7, 11) is -2.32. The van der Waals surface area contributed by atoms with Crippen LogP contribution in [0, 0.1) is 0 Å². The lowest BCUT2D eigenvalue weighted by Gasteiger charge is -2.12. The van der Waals surface area contributed by atoms with Crippen molar-refractivity contribution < 1.29 is 17.9 Å². The summed E-state index contributed by atoms with van der Waals surface area (Å²) in [6, 6.07) is 18.9. The van der Waals surface area contributed by atoms with Crippen molar-refractivity contribution in [2.75, 3.05) is 30.2 Å². The van der Waals surface area contributed by atoms with Crippen molar-refractivity contribution in [2.24, 2.45) is 0 Å². The fourth-order valence-corrected chi connectivity index (χ4v) is 4.53. The Kier molecular flexibility index (Phi) is 6.88. The summed E-state index contributed by atoms with van der Waals surface area (Å²) < 4.78 is 33.5. The molecule has 0 saturated heterocycles. The predicted molar refractivity (Wildman–Crippen MR) is 131 cm³/mol. The van der Waals surface area contributed by atoms with E-state index in [0.717, 1.165) is 11.4 Å². The van der Waals surface area contributed by atoms with Crippen molar-refractivity contribution in [3.8, 4) is 5.75 Å². The van der Waals surface area contributed by atoms with Crippen LogP contribution in [0.15, 0.2) is 84.0 Å². The van der Waals surface area contributed by atoms with Gasteiger partial charge in [0.15, 0.2) is 0 Å². The van der Waals surface area contributed by atoms with Gasteiger partial charge in [-0.05, 0) is 36.4 Å². The molecule has 2 aromatic carbocycles. The van der Waals surface area contributed by atoms with E-state index in [2.05, 4.69) is 25.3 Å². The second-order valence-corrected chi connectivity index (χ2v) is 8.90. The van der Waals surface area contributed by atoms with Gasteiger partial charge in [-0.25, -0.2) is 13.4 Å². The lowest BCUT2D eigenvalue weighted by atomic mass is 10.2. The van der Waals surface area contributed by atoms with Crippen LogP contribution in [0.5, 0.6) is 5.75 Å². The lowest BCUT2D eigenvalue weighted by molar-refractivity contribution is 0.0955. The quantitative estimate of drug-likeness (QED) is 0.316. The monoisotopic (exact) mass is 477 g/mol. The van der Waals surface area contributed by atoms with Gasteiger partial charge < -0.3 is 15.4 Å². The maximum Gasteiger partial charge on any atom is 0.265 e. The smallest absolute Gasteiger partial charge is 0.265 e. The van der Waals surface area contributed by atoms with Crippen LogP contribution in [0.1, 0.15) is 10.4 Å². The van der Waals surface area contributed by atoms with Crippen LogP contribution in [0.3, 0.4) is 0 Å². The number of hydrogen-bond donors (Lipinski definition) is 3. The van der Waals surface area contributed by atoms with Crippen LogP contribution in [0.2, 0.25) is 0 Å². The van der Waals surface area contributed by atoms with Gasteiger partial charge in [0, 0.05) is 30.9 Å². The zero-order valence-corrected chi connectivity index (χ0v) is 19.2. The summed E-state index contributed by atoms with van der Waals surface area (Å²) in [5.41, 5.74) is 1.52. The second-order valence-electron chi connectivity index (χ2n) is 7.25. The Hall–Kier alpha value is -4.18. The molecule has 0 aliphatic rings. The SMILES string of the molecule is COc1ccccc1NCCNC(=O)c1ccc(NS(=O)(=O)c2cccc3cccnc23)nc1. The lowest BCUT2D eigenvalue weighted by Crippen LogP contribution is -2.29. The number of benzene rings is 2. The Morgan fingerprint density at radius 2 is 1.76 bits per heavy atom. The number of fused-ring (bicyclic) bond motifs is 1. The molecule has 4 aromatic rings. The number of carbonyl (C=O) groups excluding carboxylic acids is 1. The van der Waals surface area contributed by atoms with Crippen molar-refractivity contribution in [3.63, 3.8) is 0 Å². The maximum absolute atomic E-state index is 12.9. The van der Waals surface area contributed by atoms with Crippen molar-refractivity contribution in [2.45, 2.75) is 4.90 Å². The van der Waals surface area contributed by atoms with E-state index in [1.807, 2.05) is 24.3 Å². The first-order valence-corrected chi connectivity index (χ1v) is 11.9. The summed E-state index contributed by atoms with van der Waals surface area (Å²) in [5, 5.41) is 6.70. The van der Waals surface area contributed by atoms with E-state index in [1.54, 1.807) is 37.6 Å². The number of nitrogens with one attached hydrogen (secondary N) is 3. The molecule has 0 spiro atoms. The highest BCUT2D eigenvalue weighted by Gasteiger charge is 2.19. The van der Waals surface area contributed by atoms with E-state index >= 15 is 0 Å². The number of rotatable bonds is 9. The number of nitrogens with zero attached hydrogens (tertiary/aromatic N) is 2. The van der Waals surface area contributed by atoms with Crippen molar-refractivity contribution in [1.29, 1.82) is 0 Å². The summed E-state index contributed by atoms with van der Waals surface area (Å²) in [6.45, 7) is 0.871. The van der Waals surface area contributed by atoms with Gasteiger partial charge in [-0.2, -0.15) is 0 Å². The average Bonchev–Trinajstić information content (AvgIpc) is 2.86. The Morgan fingerprint density at radius 3 is 2.56 bits per heavy atom. The molecule has 34 heavy (non-hydrogen) atoms. The molecule has 3 N–H and O–H groups in total. The number of aromatic nitrogens is 2. The molecule has 0 radical (unpaired) electrons. The highest BCUT2D eigenvalue weighted by Crippen LogP contribution is 2.23. The molecule has 4 rings (SSSR count). The third-order valence-electron chi connectivity index (χ3n) is 4.98. The third-order valence-corrected chi connectivity index (χ3v) is 6.37. The number of sulfonamides is 1. The van der Waals surface area contributed by atoms with Crippen LogP contribution < -0.4 is 20.1 Å². The van der Waals surface area contributed by atoms with E-state index in [4.69, 9.17) is 4.74 Å². The minimum atomic E-state index is -3.92. The maximum atomic E-state index is 12.9. The van der Waals surface area contributed by atoms with Gasteiger partial charge in [0.2, 0.25) is 0 Å². The van der Waals surface area contributed by atoms with Crippen LogP contribution >= 0.6 is 0 Å². The minimum absolute atomic E-state index is 0.0526. The van der Waals surface area contributed by atoms with Gasteiger partial charge in [-0.3, -0.25) is 14.5 Å². The zero-order valence-electron chi connectivity index (χ0n) is 18.4. The van der Waals surface area contributed by atoms with Crippen LogP contribution in [-0.4, -0.2) is 44.5 Å². The predicted octanol–water partition coefficient (Wildman–Crippen LogP) is 3.28.